The fourth-order valence-corrected chi connectivity index (χ4v) is 1.49. The molecule has 82 valence electrons. The second-order valence-electron chi connectivity index (χ2n) is 3.02. The predicted molar refractivity (Wildman–Crippen MR) is 61.8 cm³/mol. The molecule has 1 rings (SSSR count). The molecule has 5 heteroatoms. The van der Waals surface area contributed by atoms with E-state index in [2.05, 4.69) is 21.1 Å². The molecule has 1 aromatic rings. The maximum absolute atomic E-state index is 8.29. The highest BCUT2D eigenvalue weighted by atomic mass is 79.9. The molecular formula is C10H13BrN2O2. The quantitative estimate of drug-likeness (QED) is 0.284. The molecule has 0 unspecified atom stereocenters. The second-order valence-corrected chi connectivity index (χ2v) is 3.94. The average molecular weight is 273 g/mol. The summed E-state index contributed by atoms with van der Waals surface area (Å²) in [6.07, 6.45) is 0.435. The molecule has 0 aromatic heterocycles. The van der Waals surface area contributed by atoms with Gasteiger partial charge in [0.15, 0.2) is 0 Å². The number of hydrogen-bond donors (Lipinski definition) is 2. The summed E-state index contributed by atoms with van der Waals surface area (Å²) in [5.74, 6) is 0.184. The molecule has 0 saturated carbocycles. The number of ether oxygens (including phenoxy) is 1. The highest BCUT2D eigenvalue weighted by molar-refractivity contribution is 9.10. The molecule has 0 aliphatic carbocycles. The molecule has 0 amide bonds. The summed E-state index contributed by atoms with van der Waals surface area (Å²) in [5.41, 5.74) is 6.38. The minimum absolute atomic E-state index is 0.184. The number of nitrogens with zero attached hydrogens (tertiary/aromatic N) is 1. The number of benzene rings is 1. The summed E-state index contributed by atoms with van der Waals surface area (Å²) in [4.78, 5) is 0. The molecular weight excluding hydrogens is 260 g/mol. The van der Waals surface area contributed by atoms with E-state index in [0.29, 0.717) is 19.6 Å². The van der Waals surface area contributed by atoms with E-state index in [1.807, 2.05) is 24.3 Å². The molecule has 0 fully saturated rings. The van der Waals surface area contributed by atoms with Crippen LogP contribution in [0.4, 0.5) is 0 Å². The van der Waals surface area contributed by atoms with Gasteiger partial charge >= 0.3 is 0 Å². The number of nitrogens with two attached hydrogens (primary N) is 1. The summed E-state index contributed by atoms with van der Waals surface area (Å²) in [6.45, 7) is 0.973. The lowest BCUT2D eigenvalue weighted by Crippen LogP contribution is -2.14. The van der Waals surface area contributed by atoms with E-state index in [-0.39, 0.29) is 5.84 Å². The van der Waals surface area contributed by atoms with Gasteiger partial charge in [-0.2, -0.15) is 0 Å². The lowest BCUT2D eigenvalue weighted by molar-refractivity contribution is 0.127. The maximum atomic E-state index is 8.29. The van der Waals surface area contributed by atoms with Crippen LogP contribution in [0.1, 0.15) is 12.0 Å². The third kappa shape index (κ3) is 4.80. The van der Waals surface area contributed by atoms with Crippen molar-refractivity contribution < 1.29 is 9.94 Å². The Morgan fingerprint density at radius 3 is 3.00 bits per heavy atom. The van der Waals surface area contributed by atoms with Crippen LogP contribution in [0.5, 0.6) is 0 Å². The zero-order valence-corrected chi connectivity index (χ0v) is 9.77. The van der Waals surface area contributed by atoms with Crippen molar-refractivity contribution in [3.63, 3.8) is 0 Å². The fraction of sp³-hybridized carbons (Fsp3) is 0.300. The monoisotopic (exact) mass is 272 g/mol. The van der Waals surface area contributed by atoms with Crippen LogP contribution in [0.25, 0.3) is 0 Å². The van der Waals surface area contributed by atoms with Crippen molar-refractivity contribution >= 4 is 21.8 Å². The van der Waals surface area contributed by atoms with E-state index in [9.17, 15) is 0 Å². The highest BCUT2D eigenvalue weighted by Gasteiger charge is 1.96. The van der Waals surface area contributed by atoms with Crippen LogP contribution < -0.4 is 5.73 Å². The van der Waals surface area contributed by atoms with Crippen molar-refractivity contribution in [1.29, 1.82) is 0 Å². The van der Waals surface area contributed by atoms with E-state index in [1.54, 1.807) is 0 Å². The molecule has 0 heterocycles. The predicted octanol–water partition coefficient (Wildman–Crippen LogP) is 2.10. The molecule has 0 bridgehead atoms. The summed E-state index contributed by atoms with van der Waals surface area (Å²) in [5, 5.41) is 11.1. The highest BCUT2D eigenvalue weighted by Crippen LogP contribution is 2.12. The average Bonchev–Trinajstić information content (AvgIpc) is 2.24. The van der Waals surface area contributed by atoms with E-state index in [4.69, 9.17) is 15.7 Å². The van der Waals surface area contributed by atoms with Gasteiger partial charge in [-0.3, -0.25) is 0 Å². The van der Waals surface area contributed by atoms with Crippen LogP contribution >= 0.6 is 15.9 Å². The molecule has 0 spiro atoms. The number of oxime groups is 1. The SMILES string of the molecule is N/C(CCOCc1cccc(Br)c1)=N/O. The number of amidine groups is 1. The van der Waals surface area contributed by atoms with Crippen LogP contribution in [-0.4, -0.2) is 17.6 Å². The van der Waals surface area contributed by atoms with Gasteiger partial charge in [-0.05, 0) is 17.7 Å². The maximum Gasteiger partial charge on any atom is 0.141 e. The summed E-state index contributed by atoms with van der Waals surface area (Å²) in [7, 11) is 0. The Bertz CT molecular complexity index is 342. The molecule has 0 aliphatic rings. The van der Waals surface area contributed by atoms with Gasteiger partial charge in [0.2, 0.25) is 0 Å². The number of rotatable bonds is 5. The van der Waals surface area contributed by atoms with Crippen LogP contribution in [0.2, 0.25) is 0 Å². The zero-order chi connectivity index (χ0) is 11.1. The summed E-state index contributed by atoms with van der Waals surface area (Å²) < 4.78 is 6.38. The first-order valence-corrected chi connectivity index (χ1v) is 5.30. The van der Waals surface area contributed by atoms with Gasteiger partial charge in [-0.15, -0.1) is 0 Å². The van der Waals surface area contributed by atoms with Gasteiger partial charge < -0.3 is 15.7 Å². The summed E-state index contributed by atoms with van der Waals surface area (Å²) >= 11 is 3.38. The fourth-order valence-electron chi connectivity index (χ4n) is 1.04. The first kappa shape index (κ1) is 12.0. The van der Waals surface area contributed by atoms with Crippen molar-refractivity contribution in [3.8, 4) is 0 Å². The molecule has 1 aromatic carbocycles. The first-order valence-electron chi connectivity index (χ1n) is 4.51. The summed E-state index contributed by atoms with van der Waals surface area (Å²) in [6, 6.07) is 7.88. The Morgan fingerprint density at radius 2 is 2.33 bits per heavy atom. The van der Waals surface area contributed by atoms with Crippen LogP contribution in [0.3, 0.4) is 0 Å². The normalized spacial score (nSPS) is 11.7. The van der Waals surface area contributed by atoms with E-state index in [1.165, 1.54) is 0 Å². The molecule has 0 aliphatic heterocycles. The van der Waals surface area contributed by atoms with Gasteiger partial charge in [0.1, 0.15) is 5.84 Å². The Labute approximate surface area is 96.9 Å². The minimum atomic E-state index is 0.184. The zero-order valence-electron chi connectivity index (χ0n) is 8.19. The lowest BCUT2D eigenvalue weighted by atomic mass is 10.2. The van der Waals surface area contributed by atoms with Crippen molar-refractivity contribution in [1.82, 2.24) is 0 Å². The van der Waals surface area contributed by atoms with Crippen LogP contribution in [-0.2, 0) is 11.3 Å². The van der Waals surface area contributed by atoms with E-state index in [0.717, 1.165) is 10.0 Å². The van der Waals surface area contributed by atoms with Gasteiger partial charge in [0.05, 0.1) is 13.2 Å². The van der Waals surface area contributed by atoms with Gasteiger partial charge in [0, 0.05) is 10.9 Å². The van der Waals surface area contributed by atoms with Crippen molar-refractivity contribution in [2.24, 2.45) is 10.9 Å². The molecule has 0 saturated heterocycles. The van der Waals surface area contributed by atoms with E-state index >= 15 is 0 Å². The molecule has 0 atom stereocenters. The topological polar surface area (TPSA) is 67.8 Å². The number of halogens is 1. The van der Waals surface area contributed by atoms with E-state index < -0.39 is 0 Å². The second kappa shape index (κ2) is 6.42. The van der Waals surface area contributed by atoms with Gasteiger partial charge in [-0.25, -0.2) is 0 Å². The Balaban J connectivity index is 2.26. The van der Waals surface area contributed by atoms with Crippen LogP contribution in [0, 0.1) is 0 Å². The largest absolute Gasteiger partial charge is 0.409 e. The molecule has 3 N–H and O–H groups in total. The first-order chi connectivity index (χ1) is 7.22. The van der Waals surface area contributed by atoms with Crippen molar-refractivity contribution in [3.05, 3.63) is 34.3 Å². The number of hydrogen-bond acceptors (Lipinski definition) is 3. The molecule has 4 nitrogen and oxygen atoms in total. The minimum Gasteiger partial charge on any atom is -0.409 e. The third-order valence-corrected chi connectivity index (χ3v) is 2.28. The van der Waals surface area contributed by atoms with Crippen molar-refractivity contribution in [2.75, 3.05) is 6.61 Å². The van der Waals surface area contributed by atoms with Gasteiger partial charge in [0.25, 0.3) is 0 Å². The van der Waals surface area contributed by atoms with Crippen molar-refractivity contribution in [2.45, 2.75) is 13.0 Å². The third-order valence-electron chi connectivity index (χ3n) is 1.79. The molecule has 0 radical (unpaired) electrons. The van der Waals surface area contributed by atoms with Crippen LogP contribution in [0.15, 0.2) is 33.9 Å². The van der Waals surface area contributed by atoms with Gasteiger partial charge in [-0.1, -0.05) is 33.2 Å². The Morgan fingerprint density at radius 1 is 1.53 bits per heavy atom. The Kier molecular flexibility index (Phi) is 5.14. The smallest absolute Gasteiger partial charge is 0.141 e. The Hall–Kier alpha value is -1.07. The lowest BCUT2D eigenvalue weighted by Gasteiger charge is -2.03. The molecule has 15 heavy (non-hydrogen) atoms. The standard InChI is InChI=1S/C10H13BrN2O2/c11-9-3-1-2-8(6-9)7-15-5-4-10(12)13-14/h1-3,6,14H,4-5,7H2,(H2,12,13).